The van der Waals surface area contributed by atoms with Gasteiger partial charge in [-0.25, -0.2) is 4.79 Å². The zero-order valence-corrected chi connectivity index (χ0v) is 11.8. The molecule has 0 aromatic rings. The standard InChI is InChI=1S/C14H25NO3/c1-4-5-10-18-14(17)13(11(2)3)15-9-7-6-8-12(15)16/h11,13H,4-10H2,1-3H3/t13-/m0/s1. The molecule has 4 heteroatoms. The summed E-state index contributed by atoms with van der Waals surface area (Å²) >= 11 is 0. The molecule has 104 valence electrons. The molecule has 0 aliphatic carbocycles. The molecule has 0 radical (unpaired) electrons. The Balaban J connectivity index is 2.63. The van der Waals surface area contributed by atoms with Gasteiger partial charge in [0.05, 0.1) is 6.61 Å². The first kappa shape index (κ1) is 15.0. The lowest BCUT2D eigenvalue weighted by Gasteiger charge is -2.35. The van der Waals surface area contributed by atoms with E-state index in [1.54, 1.807) is 4.90 Å². The highest BCUT2D eigenvalue weighted by atomic mass is 16.5. The van der Waals surface area contributed by atoms with Gasteiger partial charge in [-0.3, -0.25) is 4.79 Å². The lowest BCUT2D eigenvalue weighted by Crippen LogP contribution is -2.50. The molecular formula is C14H25NO3. The second-order valence-corrected chi connectivity index (χ2v) is 5.25. The van der Waals surface area contributed by atoms with Crippen molar-refractivity contribution >= 4 is 11.9 Å². The summed E-state index contributed by atoms with van der Waals surface area (Å²) in [6.07, 6.45) is 4.36. The van der Waals surface area contributed by atoms with Crippen molar-refractivity contribution in [3.63, 3.8) is 0 Å². The predicted molar refractivity (Wildman–Crippen MR) is 70.1 cm³/mol. The zero-order valence-electron chi connectivity index (χ0n) is 11.8. The molecule has 0 unspecified atom stereocenters. The van der Waals surface area contributed by atoms with E-state index in [9.17, 15) is 9.59 Å². The van der Waals surface area contributed by atoms with Crippen molar-refractivity contribution in [3.8, 4) is 0 Å². The van der Waals surface area contributed by atoms with Crippen LogP contribution in [0.5, 0.6) is 0 Å². The Morgan fingerprint density at radius 1 is 1.39 bits per heavy atom. The van der Waals surface area contributed by atoms with Crippen molar-refractivity contribution in [3.05, 3.63) is 0 Å². The third-order valence-corrected chi connectivity index (χ3v) is 3.31. The quantitative estimate of drug-likeness (QED) is 0.540. The van der Waals surface area contributed by atoms with Crippen LogP contribution in [0.25, 0.3) is 0 Å². The summed E-state index contributed by atoms with van der Waals surface area (Å²) in [7, 11) is 0. The van der Waals surface area contributed by atoms with Crippen LogP contribution in [0.3, 0.4) is 0 Å². The van der Waals surface area contributed by atoms with Crippen LogP contribution in [-0.2, 0) is 14.3 Å². The Labute approximate surface area is 110 Å². The third kappa shape index (κ3) is 4.00. The summed E-state index contributed by atoms with van der Waals surface area (Å²) in [6.45, 7) is 7.13. The molecule has 0 spiro atoms. The summed E-state index contributed by atoms with van der Waals surface area (Å²) in [5.41, 5.74) is 0. The van der Waals surface area contributed by atoms with E-state index in [0.717, 1.165) is 25.7 Å². The monoisotopic (exact) mass is 255 g/mol. The Morgan fingerprint density at radius 2 is 2.11 bits per heavy atom. The first-order valence-corrected chi connectivity index (χ1v) is 7.04. The van der Waals surface area contributed by atoms with Crippen molar-refractivity contribution in [2.24, 2.45) is 5.92 Å². The minimum absolute atomic E-state index is 0.0902. The highest BCUT2D eigenvalue weighted by Crippen LogP contribution is 2.20. The average Bonchev–Trinajstić information content (AvgIpc) is 2.32. The summed E-state index contributed by atoms with van der Waals surface area (Å²) < 4.78 is 5.27. The Bertz CT molecular complexity index is 289. The van der Waals surface area contributed by atoms with Crippen LogP contribution in [0, 0.1) is 5.92 Å². The SMILES string of the molecule is CCCCOC(=O)[C@H](C(C)C)N1CCCCC1=O. The van der Waals surface area contributed by atoms with Gasteiger partial charge in [-0.1, -0.05) is 27.2 Å². The van der Waals surface area contributed by atoms with Crippen molar-refractivity contribution in [2.75, 3.05) is 13.2 Å². The fourth-order valence-corrected chi connectivity index (χ4v) is 2.28. The number of likely N-dealkylation sites (tertiary alicyclic amines) is 1. The minimum Gasteiger partial charge on any atom is -0.464 e. The topological polar surface area (TPSA) is 46.6 Å². The molecule has 4 nitrogen and oxygen atoms in total. The fraction of sp³-hybridized carbons (Fsp3) is 0.857. The molecule has 0 aromatic carbocycles. The van der Waals surface area contributed by atoms with Crippen molar-refractivity contribution in [1.29, 1.82) is 0 Å². The molecule has 0 saturated carbocycles. The Morgan fingerprint density at radius 3 is 2.67 bits per heavy atom. The molecule has 0 bridgehead atoms. The molecule has 1 aliphatic rings. The average molecular weight is 255 g/mol. The summed E-state index contributed by atoms with van der Waals surface area (Å²) in [4.78, 5) is 25.7. The molecule has 1 heterocycles. The third-order valence-electron chi connectivity index (χ3n) is 3.31. The van der Waals surface area contributed by atoms with Gasteiger partial charge in [0.2, 0.25) is 5.91 Å². The van der Waals surface area contributed by atoms with E-state index in [4.69, 9.17) is 4.74 Å². The lowest BCUT2D eigenvalue weighted by molar-refractivity contribution is -0.158. The number of carbonyl (C=O) groups excluding carboxylic acids is 2. The van der Waals surface area contributed by atoms with E-state index in [1.807, 2.05) is 13.8 Å². The lowest BCUT2D eigenvalue weighted by atomic mass is 9.99. The van der Waals surface area contributed by atoms with Gasteiger partial charge in [0.15, 0.2) is 0 Å². The van der Waals surface area contributed by atoms with Crippen LogP contribution < -0.4 is 0 Å². The van der Waals surface area contributed by atoms with E-state index in [1.165, 1.54) is 0 Å². The summed E-state index contributed by atoms with van der Waals surface area (Å²) in [5, 5.41) is 0. The molecule has 1 fully saturated rings. The molecule has 0 aromatic heterocycles. The molecule has 1 atom stereocenters. The number of ether oxygens (including phenoxy) is 1. The molecule has 1 rings (SSSR count). The number of esters is 1. The maximum absolute atomic E-state index is 12.1. The van der Waals surface area contributed by atoms with E-state index < -0.39 is 6.04 Å². The maximum Gasteiger partial charge on any atom is 0.329 e. The summed E-state index contributed by atoms with van der Waals surface area (Å²) in [6, 6.07) is -0.408. The highest BCUT2D eigenvalue weighted by molar-refractivity contribution is 5.85. The van der Waals surface area contributed by atoms with Gasteiger partial charge in [-0.15, -0.1) is 0 Å². The first-order valence-electron chi connectivity index (χ1n) is 7.04. The number of nitrogens with zero attached hydrogens (tertiary/aromatic N) is 1. The zero-order chi connectivity index (χ0) is 13.5. The normalized spacial score (nSPS) is 18.0. The van der Waals surface area contributed by atoms with E-state index in [-0.39, 0.29) is 17.8 Å². The van der Waals surface area contributed by atoms with Gasteiger partial charge in [0.25, 0.3) is 0 Å². The second-order valence-electron chi connectivity index (χ2n) is 5.25. The Kier molecular flexibility index (Phi) is 6.16. The number of hydrogen-bond acceptors (Lipinski definition) is 3. The number of amides is 1. The van der Waals surface area contributed by atoms with Crippen LogP contribution in [0.15, 0.2) is 0 Å². The number of unbranched alkanes of at least 4 members (excludes halogenated alkanes) is 1. The Hall–Kier alpha value is -1.06. The van der Waals surface area contributed by atoms with Crippen LogP contribution in [0.4, 0.5) is 0 Å². The van der Waals surface area contributed by atoms with Crippen molar-refractivity contribution in [1.82, 2.24) is 4.90 Å². The second kappa shape index (κ2) is 7.39. The van der Waals surface area contributed by atoms with Gasteiger partial charge in [0, 0.05) is 13.0 Å². The molecule has 0 N–H and O–H groups in total. The van der Waals surface area contributed by atoms with Crippen LogP contribution >= 0.6 is 0 Å². The number of piperidine rings is 1. The smallest absolute Gasteiger partial charge is 0.329 e. The minimum atomic E-state index is -0.408. The molecule has 18 heavy (non-hydrogen) atoms. The van der Waals surface area contributed by atoms with Gasteiger partial charge in [-0.2, -0.15) is 0 Å². The molecular weight excluding hydrogens is 230 g/mol. The number of hydrogen-bond donors (Lipinski definition) is 0. The van der Waals surface area contributed by atoms with Crippen LogP contribution in [0.1, 0.15) is 52.9 Å². The van der Waals surface area contributed by atoms with Gasteiger partial charge in [0.1, 0.15) is 6.04 Å². The molecule has 1 aliphatic heterocycles. The number of carbonyl (C=O) groups is 2. The maximum atomic E-state index is 12.1. The molecule has 1 amide bonds. The number of rotatable bonds is 6. The first-order chi connectivity index (χ1) is 8.57. The van der Waals surface area contributed by atoms with E-state index >= 15 is 0 Å². The highest BCUT2D eigenvalue weighted by Gasteiger charge is 2.34. The van der Waals surface area contributed by atoms with Crippen molar-refractivity contribution < 1.29 is 14.3 Å². The van der Waals surface area contributed by atoms with Crippen molar-refractivity contribution in [2.45, 2.75) is 58.9 Å². The largest absolute Gasteiger partial charge is 0.464 e. The predicted octanol–water partition coefficient (Wildman–Crippen LogP) is 2.37. The van der Waals surface area contributed by atoms with Gasteiger partial charge >= 0.3 is 5.97 Å². The molecule has 1 saturated heterocycles. The van der Waals surface area contributed by atoms with E-state index in [2.05, 4.69) is 6.92 Å². The van der Waals surface area contributed by atoms with Gasteiger partial charge in [-0.05, 0) is 25.2 Å². The fourth-order valence-electron chi connectivity index (χ4n) is 2.28. The van der Waals surface area contributed by atoms with Gasteiger partial charge < -0.3 is 9.64 Å². The summed E-state index contributed by atoms with van der Waals surface area (Å²) in [5.74, 6) is -0.0535. The van der Waals surface area contributed by atoms with Crippen LogP contribution in [-0.4, -0.2) is 36.0 Å². The van der Waals surface area contributed by atoms with E-state index in [0.29, 0.717) is 19.6 Å². The van der Waals surface area contributed by atoms with Crippen LogP contribution in [0.2, 0.25) is 0 Å².